The first-order valence-electron chi connectivity index (χ1n) is 5.79. The van der Waals surface area contributed by atoms with Gasteiger partial charge in [-0.15, -0.1) is 0 Å². The van der Waals surface area contributed by atoms with Gasteiger partial charge in [0.25, 0.3) is 0 Å². The molecule has 3 nitrogen and oxygen atoms in total. The first-order valence-corrected chi connectivity index (χ1v) is 6.84. The van der Waals surface area contributed by atoms with Gasteiger partial charge in [-0.25, -0.2) is 0 Å². The van der Waals surface area contributed by atoms with E-state index in [-0.39, 0.29) is 11.4 Å². The number of methoxy groups -OCH3 is 2. The van der Waals surface area contributed by atoms with E-state index in [4.69, 9.17) is 9.47 Å². The second-order valence-corrected chi connectivity index (χ2v) is 6.08. The highest BCUT2D eigenvalue weighted by atomic mass is 32.2. The summed E-state index contributed by atoms with van der Waals surface area (Å²) < 4.78 is 9.78. The second-order valence-electron chi connectivity index (χ2n) is 4.66. The van der Waals surface area contributed by atoms with Gasteiger partial charge in [0.15, 0.2) is 0 Å². The maximum absolute atomic E-state index is 11.2. The molecule has 1 fully saturated rings. The van der Waals surface area contributed by atoms with Crippen molar-refractivity contribution in [2.75, 3.05) is 26.6 Å². The van der Waals surface area contributed by atoms with E-state index < -0.39 is 0 Å². The van der Waals surface area contributed by atoms with Crippen LogP contribution in [0.4, 0.5) is 0 Å². The summed E-state index contributed by atoms with van der Waals surface area (Å²) in [5.74, 6) is 1.01. The Hall–Kier alpha value is -0.220. The van der Waals surface area contributed by atoms with Gasteiger partial charge in [-0.2, -0.15) is 11.8 Å². The molecule has 1 rings (SSSR count). The number of hydrogen-bond acceptors (Lipinski definition) is 4. The Morgan fingerprint density at radius 2 is 2.12 bits per heavy atom. The summed E-state index contributed by atoms with van der Waals surface area (Å²) in [7, 11) is 3.20. The smallest absolute Gasteiger partial charge is 0.306 e. The lowest BCUT2D eigenvalue weighted by atomic mass is 10.1. The number of carbonyl (C=O) groups is 1. The Morgan fingerprint density at radius 1 is 1.44 bits per heavy atom. The maximum Gasteiger partial charge on any atom is 0.306 e. The molecular formula is C12H22O3S. The van der Waals surface area contributed by atoms with Crippen molar-refractivity contribution in [3.05, 3.63) is 0 Å². The van der Waals surface area contributed by atoms with Gasteiger partial charge in [-0.05, 0) is 30.4 Å². The number of hydrogen-bond donors (Lipinski definition) is 0. The quantitative estimate of drug-likeness (QED) is 0.616. The lowest BCUT2D eigenvalue weighted by Gasteiger charge is -2.16. The second kappa shape index (κ2) is 6.50. The maximum atomic E-state index is 11.2. The third-order valence-electron chi connectivity index (χ3n) is 3.11. The zero-order valence-electron chi connectivity index (χ0n) is 10.5. The van der Waals surface area contributed by atoms with Crippen LogP contribution in [0.25, 0.3) is 0 Å². The monoisotopic (exact) mass is 246 g/mol. The van der Waals surface area contributed by atoms with Crippen molar-refractivity contribution in [2.24, 2.45) is 5.41 Å². The van der Waals surface area contributed by atoms with E-state index in [1.807, 2.05) is 11.8 Å². The van der Waals surface area contributed by atoms with Crippen molar-refractivity contribution in [1.29, 1.82) is 0 Å². The highest BCUT2D eigenvalue weighted by Crippen LogP contribution is 2.51. The molecule has 1 atom stereocenters. The minimum absolute atomic E-state index is 0.0670. The van der Waals surface area contributed by atoms with Crippen molar-refractivity contribution in [1.82, 2.24) is 0 Å². The summed E-state index contributed by atoms with van der Waals surface area (Å²) in [6.07, 6.45) is 4.02. The van der Waals surface area contributed by atoms with Crippen LogP contribution >= 0.6 is 11.8 Å². The number of ether oxygens (including phenoxy) is 2. The lowest BCUT2D eigenvalue weighted by molar-refractivity contribution is -0.141. The molecule has 1 unspecified atom stereocenters. The summed E-state index contributed by atoms with van der Waals surface area (Å²) in [5.41, 5.74) is 0.249. The minimum Gasteiger partial charge on any atom is -0.469 e. The van der Waals surface area contributed by atoms with Gasteiger partial charge in [0.1, 0.15) is 0 Å². The summed E-state index contributed by atoms with van der Waals surface area (Å²) in [6, 6.07) is 0. The molecule has 0 aromatic carbocycles. The third kappa shape index (κ3) is 4.74. The number of esters is 1. The van der Waals surface area contributed by atoms with Gasteiger partial charge >= 0.3 is 5.97 Å². The van der Waals surface area contributed by atoms with Crippen LogP contribution in [-0.2, 0) is 14.3 Å². The van der Waals surface area contributed by atoms with E-state index in [1.54, 1.807) is 7.11 Å². The molecule has 0 bridgehead atoms. The van der Waals surface area contributed by atoms with Gasteiger partial charge < -0.3 is 9.47 Å². The summed E-state index contributed by atoms with van der Waals surface area (Å²) in [5, 5.41) is 0.607. The predicted octanol–water partition coefficient (Wildman–Crippen LogP) is 2.49. The largest absolute Gasteiger partial charge is 0.469 e. The highest BCUT2D eigenvalue weighted by molar-refractivity contribution is 7.99. The van der Waals surface area contributed by atoms with Crippen molar-refractivity contribution < 1.29 is 14.3 Å². The molecule has 1 saturated carbocycles. The fourth-order valence-corrected chi connectivity index (χ4v) is 2.91. The first kappa shape index (κ1) is 13.8. The van der Waals surface area contributed by atoms with Crippen LogP contribution in [0, 0.1) is 5.41 Å². The molecule has 0 aromatic heterocycles. The average Bonchev–Trinajstić information content (AvgIpc) is 3.04. The van der Waals surface area contributed by atoms with E-state index in [0.29, 0.717) is 11.7 Å². The molecule has 1 aliphatic carbocycles. The normalized spacial score (nSPS) is 19.2. The molecule has 0 heterocycles. The molecule has 1 aliphatic rings. The van der Waals surface area contributed by atoms with E-state index in [1.165, 1.54) is 20.0 Å². The molecule has 0 radical (unpaired) electrons. The van der Waals surface area contributed by atoms with E-state index in [2.05, 4.69) is 6.92 Å². The fraction of sp³-hybridized carbons (Fsp3) is 0.917. The van der Waals surface area contributed by atoms with Crippen molar-refractivity contribution in [3.63, 3.8) is 0 Å². The van der Waals surface area contributed by atoms with Gasteiger partial charge in [0.2, 0.25) is 0 Å². The number of carbonyl (C=O) groups excluding carboxylic acids is 1. The molecule has 0 aromatic rings. The van der Waals surface area contributed by atoms with Crippen molar-refractivity contribution in [3.8, 4) is 0 Å². The first-order chi connectivity index (χ1) is 7.62. The fourth-order valence-electron chi connectivity index (χ4n) is 1.61. The van der Waals surface area contributed by atoms with Crippen molar-refractivity contribution in [2.45, 2.75) is 37.9 Å². The van der Waals surface area contributed by atoms with E-state index in [0.717, 1.165) is 18.8 Å². The molecule has 4 heteroatoms. The Labute approximate surface area is 102 Å². The van der Waals surface area contributed by atoms with E-state index in [9.17, 15) is 4.79 Å². The van der Waals surface area contributed by atoms with Crippen LogP contribution in [0.15, 0.2) is 0 Å². The topological polar surface area (TPSA) is 35.5 Å². The molecule has 0 N–H and O–H groups in total. The molecule has 0 spiro atoms. The Morgan fingerprint density at radius 3 is 2.62 bits per heavy atom. The standard InChI is InChI=1S/C12H22O3S/c1-10(4-7-14-2)16-9-12(5-6-12)8-11(13)15-3/h10H,4-9H2,1-3H3. The molecular weight excluding hydrogens is 224 g/mol. The Balaban J connectivity index is 2.18. The number of rotatable bonds is 8. The Bertz CT molecular complexity index is 226. The van der Waals surface area contributed by atoms with Crippen LogP contribution in [-0.4, -0.2) is 37.8 Å². The van der Waals surface area contributed by atoms with Gasteiger partial charge in [-0.1, -0.05) is 6.92 Å². The average molecular weight is 246 g/mol. The lowest BCUT2D eigenvalue weighted by Crippen LogP contribution is -2.15. The van der Waals surface area contributed by atoms with Crippen molar-refractivity contribution >= 4 is 17.7 Å². The molecule has 16 heavy (non-hydrogen) atoms. The van der Waals surface area contributed by atoms with Crippen LogP contribution < -0.4 is 0 Å². The number of thioether (sulfide) groups is 1. The highest BCUT2D eigenvalue weighted by Gasteiger charge is 2.44. The SMILES string of the molecule is COCCC(C)SCC1(CC(=O)OC)CC1. The summed E-state index contributed by atoms with van der Waals surface area (Å²) in [4.78, 5) is 11.2. The third-order valence-corrected chi connectivity index (χ3v) is 4.69. The van der Waals surface area contributed by atoms with Gasteiger partial charge in [-0.3, -0.25) is 4.79 Å². The zero-order chi connectivity index (χ0) is 12.0. The summed E-state index contributed by atoms with van der Waals surface area (Å²) >= 11 is 1.95. The van der Waals surface area contributed by atoms with Crippen LogP contribution in [0.1, 0.15) is 32.6 Å². The van der Waals surface area contributed by atoms with E-state index >= 15 is 0 Å². The van der Waals surface area contributed by atoms with Gasteiger partial charge in [0.05, 0.1) is 13.5 Å². The predicted molar refractivity (Wildman–Crippen MR) is 66.7 cm³/mol. The Kier molecular flexibility index (Phi) is 5.62. The van der Waals surface area contributed by atoms with Crippen LogP contribution in [0.3, 0.4) is 0 Å². The molecule has 0 saturated heterocycles. The zero-order valence-corrected chi connectivity index (χ0v) is 11.3. The summed E-state index contributed by atoms with van der Waals surface area (Å²) in [6.45, 7) is 3.04. The molecule has 94 valence electrons. The molecule has 0 aliphatic heterocycles. The molecule has 0 amide bonds. The van der Waals surface area contributed by atoms with Gasteiger partial charge in [0, 0.05) is 19.0 Å². The van der Waals surface area contributed by atoms with Crippen LogP contribution in [0.2, 0.25) is 0 Å². The van der Waals surface area contributed by atoms with Crippen LogP contribution in [0.5, 0.6) is 0 Å². The minimum atomic E-state index is -0.0670.